The third kappa shape index (κ3) is 7.95. The molecule has 0 aliphatic rings. The lowest BCUT2D eigenvalue weighted by molar-refractivity contribution is -0.368. The van der Waals surface area contributed by atoms with E-state index in [2.05, 4.69) is 12.7 Å². The van der Waals surface area contributed by atoms with Crippen molar-refractivity contribution in [1.29, 1.82) is 0 Å². The maximum absolute atomic E-state index is 10.5. The molecule has 1 aromatic carbocycles. The van der Waals surface area contributed by atoms with Gasteiger partial charge < -0.3 is 15.6 Å². The highest BCUT2D eigenvalue weighted by atomic mass is 16.4. The number of carbonyl (C=O) groups excluding carboxylic acids is 1. The van der Waals surface area contributed by atoms with Crippen LogP contribution in [-0.4, -0.2) is 12.5 Å². The fourth-order valence-electron chi connectivity index (χ4n) is 1.93. The lowest BCUT2D eigenvalue weighted by Gasteiger charge is -2.07. The zero-order valence-corrected chi connectivity index (χ0v) is 13.2. The molecule has 0 atom stereocenters. The molecule has 0 bridgehead atoms. The number of carboxylic acid groups (broad SMARTS) is 1. The Morgan fingerprint density at radius 3 is 2.20 bits per heavy atom. The van der Waals surface area contributed by atoms with Crippen LogP contribution in [-0.2, 0) is 0 Å². The summed E-state index contributed by atoms with van der Waals surface area (Å²) in [7, 11) is 0. The SMILES string of the molecule is CCCCCCCC[NH3+].Cc1cccc(C(=O)[O-])c1C. The number of rotatable bonds is 7. The minimum absolute atomic E-state index is 0.282. The van der Waals surface area contributed by atoms with E-state index in [1.54, 1.807) is 19.1 Å². The van der Waals surface area contributed by atoms with Crippen molar-refractivity contribution in [3.05, 3.63) is 34.9 Å². The van der Waals surface area contributed by atoms with Crippen LogP contribution >= 0.6 is 0 Å². The molecule has 0 radical (unpaired) electrons. The summed E-state index contributed by atoms with van der Waals surface area (Å²) in [5, 5.41) is 10.5. The molecule has 0 spiro atoms. The van der Waals surface area contributed by atoms with Crippen LogP contribution in [0.5, 0.6) is 0 Å². The van der Waals surface area contributed by atoms with Crippen molar-refractivity contribution in [3.8, 4) is 0 Å². The van der Waals surface area contributed by atoms with Crippen molar-refractivity contribution in [2.24, 2.45) is 0 Å². The van der Waals surface area contributed by atoms with Gasteiger partial charge in [-0.1, -0.05) is 50.8 Å². The predicted octanol–water partition coefficient (Wildman–Crippen LogP) is 2.26. The van der Waals surface area contributed by atoms with Gasteiger partial charge in [0.15, 0.2) is 0 Å². The second-order valence-electron chi connectivity index (χ2n) is 5.16. The third-order valence-electron chi connectivity index (χ3n) is 3.43. The lowest BCUT2D eigenvalue weighted by atomic mass is 10.0. The first-order valence-corrected chi connectivity index (χ1v) is 7.61. The molecule has 0 fully saturated rings. The van der Waals surface area contributed by atoms with Gasteiger partial charge in [0.2, 0.25) is 0 Å². The number of carbonyl (C=O) groups is 1. The van der Waals surface area contributed by atoms with Gasteiger partial charge >= 0.3 is 0 Å². The number of aromatic carboxylic acids is 1. The average Bonchev–Trinajstić information content (AvgIpc) is 2.42. The van der Waals surface area contributed by atoms with Crippen LogP contribution in [0.25, 0.3) is 0 Å². The highest BCUT2D eigenvalue weighted by molar-refractivity contribution is 5.87. The lowest BCUT2D eigenvalue weighted by Crippen LogP contribution is -2.50. The number of unbranched alkanes of at least 4 members (excludes halogenated alkanes) is 5. The number of hydrogen-bond acceptors (Lipinski definition) is 2. The summed E-state index contributed by atoms with van der Waals surface area (Å²) in [4.78, 5) is 10.5. The van der Waals surface area contributed by atoms with E-state index in [0.717, 1.165) is 17.7 Å². The van der Waals surface area contributed by atoms with Crippen LogP contribution in [0.15, 0.2) is 18.2 Å². The van der Waals surface area contributed by atoms with Gasteiger partial charge in [-0.3, -0.25) is 0 Å². The van der Waals surface area contributed by atoms with Gasteiger partial charge in [-0.2, -0.15) is 0 Å². The molecular weight excluding hydrogens is 250 g/mol. The number of aryl methyl sites for hydroxylation is 1. The average molecular weight is 279 g/mol. The first-order chi connectivity index (χ1) is 9.54. The monoisotopic (exact) mass is 279 g/mol. The molecule has 3 N–H and O–H groups in total. The Bertz CT molecular complexity index is 383. The number of quaternary nitrogens is 1. The van der Waals surface area contributed by atoms with Gasteiger partial charge in [-0.25, -0.2) is 0 Å². The maximum atomic E-state index is 10.5. The second-order valence-corrected chi connectivity index (χ2v) is 5.16. The zero-order valence-electron chi connectivity index (χ0n) is 13.2. The molecule has 0 heterocycles. The number of benzene rings is 1. The minimum atomic E-state index is -1.11. The molecule has 3 heteroatoms. The normalized spacial score (nSPS) is 9.80. The van der Waals surface area contributed by atoms with Gasteiger partial charge in [-0.05, 0) is 37.8 Å². The molecule has 114 valence electrons. The highest BCUT2D eigenvalue weighted by Gasteiger charge is 1.99. The Morgan fingerprint density at radius 1 is 1.10 bits per heavy atom. The Kier molecular flexibility index (Phi) is 10.7. The molecule has 0 aliphatic heterocycles. The molecule has 3 nitrogen and oxygen atoms in total. The zero-order chi connectivity index (χ0) is 15.4. The van der Waals surface area contributed by atoms with E-state index in [0.29, 0.717) is 0 Å². The topological polar surface area (TPSA) is 67.8 Å². The number of carboxylic acids is 1. The van der Waals surface area contributed by atoms with Crippen molar-refractivity contribution < 1.29 is 15.6 Å². The van der Waals surface area contributed by atoms with Crippen LogP contribution in [0.2, 0.25) is 0 Å². The Morgan fingerprint density at radius 2 is 1.70 bits per heavy atom. The first kappa shape index (κ1) is 18.7. The van der Waals surface area contributed by atoms with E-state index < -0.39 is 5.97 Å². The standard InChI is InChI=1S/C9H10O2.C8H19N/c1-6-4-3-5-8(7(6)2)9(10)11;1-2-3-4-5-6-7-8-9/h3-5H,1-2H3,(H,10,11);2-9H2,1H3. The molecule has 20 heavy (non-hydrogen) atoms. The van der Waals surface area contributed by atoms with Gasteiger partial charge in [-0.15, -0.1) is 0 Å². The first-order valence-electron chi connectivity index (χ1n) is 7.61. The van der Waals surface area contributed by atoms with E-state index in [4.69, 9.17) is 0 Å². The van der Waals surface area contributed by atoms with Crippen LogP contribution in [0.3, 0.4) is 0 Å². The fourth-order valence-corrected chi connectivity index (χ4v) is 1.93. The third-order valence-corrected chi connectivity index (χ3v) is 3.43. The molecule has 0 saturated carbocycles. The van der Waals surface area contributed by atoms with Crippen LogP contribution in [0, 0.1) is 13.8 Å². The van der Waals surface area contributed by atoms with Gasteiger partial charge in [0.25, 0.3) is 0 Å². The van der Waals surface area contributed by atoms with Crippen LogP contribution < -0.4 is 10.8 Å². The van der Waals surface area contributed by atoms with E-state index in [9.17, 15) is 9.90 Å². The van der Waals surface area contributed by atoms with Crippen molar-refractivity contribution in [2.45, 2.75) is 59.3 Å². The Labute approximate surface area is 123 Å². The van der Waals surface area contributed by atoms with Crippen molar-refractivity contribution in [1.82, 2.24) is 0 Å². The predicted molar refractivity (Wildman–Crippen MR) is 81.4 cm³/mol. The molecular formula is C17H29NO2. The van der Waals surface area contributed by atoms with Crippen molar-refractivity contribution in [2.75, 3.05) is 6.54 Å². The van der Waals surface area contributed by atoms with Crippen molar-refractivity contribution in [3.63, 3.8) is 0 Å². The van der Waals surface area contributed by atoms with Gasteiger partial charge in [0, 0.05) is 5.56 Å². The minimum Gasteiger partial charge on any atom is -0.545 e. The highest BCUT2D eigenvalue weighted by Crippen LogP contribution is 2.11. The molecule has 0 saturated heterocycles. The molecule has 1 rings (SSSR count). The molecule has 0 amide bonds. The summed E-state index contributed by atoms with van der Waals surface area (Å²) in [5.74, 6) is -1.11. The van der Waals surface area contributed by atoms with Crippen LogP contribution in [0.1, 0.15) is 66.9 Å². The maximum Gasteiger partial charge on any atom is 0.0739 e. The molecule has 1 aromatic rings. The molecule has 0 aromatic heterocycles. The largest absolute Gasteiger partial charge is 0.545 e. The van der Waals surface area contributed by atoms with E-state index in [-0.39, 0.29) is 5.56 Å². The molecule has 0 unspecified atom stereocenters. The summed E-state index contributed by atoms with van der Waals surface area (Å²) < 4.78 is 0. The summed E-state index contributed by atoms with van der Waals surface area (Å²) in [5.41, 5.74) is 5.85. The van der Waals surface area contributed by atoms with Gasteiger partial charge in [0.05, 0.1) is 12.5 Å². The molecule has 0 aliphatic carbocycles. The quantitative estimate of drug-likeness (QED) is 0.778. The smallest absolute Gasteiger partial charge is 0.0739 e. The van der Waals surface area contributed by atoms with Gasteiger partial charge in [0.1, 0.15) is 0 Å². The number of hydrogen-bond donors (Lipinski definition) is 1. The Balaban J connectivity index is 0.000000370. The van der Waals surface area contributed by atoms with Crippen LogP contribution in [0.4, 0.5) is 0 Å². The van der Waals surface area contributed by atoms with E-state index in [1.165, 1.54) is 38.5 Å². The summed E-state index contributed by atoms with van der Waals surface area (Å²) in [6.07, 6.45) is 8.33. The summed E-state index contributed by atoms with van der Waals surface area (Å²) in [6, 6.07) is 5.15. The summed E-state index contributed by atoms with van der Waals surface area (Å²) >= 11 is 0. The Hall–Kier alpha value is -1.35. The summed E-state index contributed by atoms with van der Waals surface area (Å²) in [6.45, 7) is 7.02. The van der Waals surface area contributed by atoms with Crippen molar-refractivity contribution >= 4 is 5.97 Å². The van der Waals surface area contributed by atoms with E-state index in [1.807, 2.05) is 13.0 Å². The fraction of sp³-hybridized carbons (Fsp3) is 0.588. The second kappa shape index (κ2) is 11.5. The van der Waals surface area contributed by atoms with E-state index >= 15 is 0 Å².